The van der Waals surface area contributed by atoms with Crippen molar-refractivity contribution in [3.8, 4) is 0 Å². The van der Waals surface area contributed by atoms with E-state index >= 15 is 0 Å². The van der Waals surface area contributed by atoms with Crippen LogP contribution in [0, 0.1) is 5.92 Å². The highest BCUT2D eigenvalue weighted by molar-refractivity contribution is 5.76. The Morgan fingerprint density at radius 2 is 2.40 bits per heavy atom. The first kappa shape index (κ1) is 9.21. The minimum Gasteiger partial charge on any atom is -0.411 e. The molecule has 0 saturated carbocycles. The molecule has 0 amide bonds. The maximum absolute atomic E-state index is 8.13. The van der Waals surface area contributed by atoms with E-state index in [4.69, 9.17) is 5.21 Å². The van der Waals surface area contributed by atoms with Gasteiger partial charge in [0.05, 0.1) is 6.21 Å². The van der Waals surface area contributed by atoms with Gasteiger partial charge in [-0.2, -0.15) is 0 Å². The van der Waals surface area contributed by atoms with Crippen LogP contribution in [-0.2, 0) is 0 Å². The van der Waals surface area contributed by atoms with E-state index in [2.05, 4.69) is 25.6 Å². The van der Waals surface area contributed by atoms with Crippen molar-refractivity contribution in [1.29, 1.82) is 0 Å². The Labute approximate surface area is 62.2 Å². The number of allylic oxidation sites excluding steroid dienone is 1. The van der Waals surface area contributed by atoms with Crippen LogP contribution in [0.25, 0.3) is 0 Å². The van der Waals surface area contributed by atoms with Crippen LogP contribution in [0.15, 0.2) is 17.3 Å². The zero-order valence-electron chi connectivity index (χ0n) is 6.67. The second kappa shape index (κ2) is 5.03. The summed E-state index contributed by atoms with van der Waals surface area (Å²) in [4.78, 5) is 0. The summed E-state index contributed by atoms with van der Waals surface area (Å²) < 4.78 is 0. The van der Waals surface area contributed by atoms with Crippen LogP contribution in [0.1, 0.15) is 26.7 Å². The third kappa shape index (κ3) is 4.13. The monoisotopic (exact) mass is 141 g/mol. The van der Waals surface area contributed by atoms with E-state index < -0.39 is 0 Å². The lowest BCUT2D eigenvalue weighted by atomic mass is 10.0. The van der Waals surface area contributed by atoms with Crippen molar-refractivity contribution in [3.05, 3.63) is 12.2 Å². The molecule has 10 heavy (non-hydrogen) atoms. The van der Waals surface area contributed by atoms with E-state index in [1.165, 1.54) is 6.21 Å². The van der Waals surface area contributed by atoms with Gasteiger partial charge in [-0.15, -0.1) is 0 Å². The number of nitrogens with zero attached hydrogens (tertiary/aromatic N) is 1. The Morgan fingerprint density at radius 1 is 1.80 bits per heavy atom. The lowest BCUT2D eigenvalue weighted by Crippen LogP contribution is -1.94. The summed E-state index contributed by atoms with van der Waals surface area (Å²) in [6.45, 7) is 8.01. The standard InChI is InChI=1S/C8H15NO/c1-4-7(2)5-8(3)6-9-10/h6-7,10H,3-5H2,1-2H3/b9-6+/t7-/m0/s1. The Balaban J connectivity index is 3.57. The third-order valence-corrected chi connectivity index (χ3v) is 1.55. The summed E-state index contributed by atoms with van der Waals surface area (Å²) in [6, 6.07) is 0. The van der Waals surface area contributed by atoms with Crippen LogP contribution in [0.3, 0.4) is 0 Å². The zero-order chi connectivity index (χ0) is 7.98. The molecule has 1 atom stereocenters. The Hall–Kier alpha value is -0.790. The van der Waals surface area contributed by atoms with Crippen LogP contribution >= 0.6 is 0 Å². The van der Waals surface area contributed by atoms with E-state index in [1.807, 2.05) is 0 Å². The summed E-state index contributed by atoms with van der Waals surface area (Å²) >= 11 is 0. The molecule has 0 rings (SSSR count). The van der Waals surface area contributed by atoms with E-state index in [0.717, 1.165) is 18.4 Å². The van der Waals surface area contributed by atoms with Gasteiger partial charge in [-0.3, -0.25) is 0 Å². The average Bonchev–Trinajstić information content (AvgIpc) is 1.88. The quantitative estimate of drug-likeness (QED) is 0.364. The topological polar surface area (TPSA) is 32.6 Å². The molecule has 2 heteroatoms. The van der Waals surface area contributed by atoms with Gasteiger partial charge in [-0.1, -0.05) is 32.0 Å². The number of hydrogen-bond donors (Lipinski definition) is 1. The summed E-state index contributed by atoms with van der Waals surface area (Å²) in [6.07, 6.45) is 3.45. The minimum absolute atomic E-state index is 0.630. The second-order valence-corrected chi connectivity index (χ2v) is 2.62. The Morgan fingerprint density at radius 3 is 2.80 bits per heavy atom. The van der Waals surface area contributed by atoms with Crippen molar-refractivity contribution in [2.75, 3.05) is 0 Å². The van der Waals surface area contributed by atoms with Crippen LogP contribution in [0.4, 0.5) is 0 Å². The summed E-state index contributed by atoms with van der Waals surface area (Å²) in [7, 11) is 0. The average molecular weight is 141 g/mol. The van der Waals surface area contributed by atoms with Gasteiger partial charge in [0.25, 0.3) is 0 Å². The van der Waals surface area contributed by atoms with Gasteiger partial charge in [-0.25, -0.2) is 0 Å². The van der Waals surface area contributed by atoms with E-state index in [1.54, 1.807) is 0 Å². The second-order valence-electron chi connectivity index (χ2n) is 2.62. The smallest absolute Gasteiger partial charge is 0.0687 e. The fourth-order valence-corrected chi connectivity index (χ4v) is 0.726. The predicted molar refractivity (Wildman–Crippen MR) is 43.5 cm³/mol. The predicted octanol–water partition coefficient (Wildman–Crippen LogP) is 2.44. The molecule has 0 aliphatic rings. The minimum atomic E-state index is 0.630. The Kier molecular flexibility index (Phi) is 4.63. The molecule has 0 unspecified atom stereocenters. The van der Waals surface area contributed by atoms with Crippen molar-refractivity contribution < 1.29 is 5.21 Å². The first-order chi connectivity index (χ1) is 4.70. The highest BCUT2D eigenvalue weighted by Crippen LogP contribution is 2.10. The molecule has 0 bridgehead atoms. The molecular weight excluding hydrogens is 126 g/mol. The normalized spacial score (nSPS) is 13.8. The molecule has 2 nitrogen and oxygen atoms in total. The Bertz CT molecular complexity index is 129. The maximum Gasteiger partial charge on any atom is 0.0687 e. The van der Waals surface area contributed by atoms with Gasteiger partial charge >= 0.3 is 0 Å². The van der Waals surface area contributed by atoms with Crippen molar-refractivity contribution in [3.63, 3.8) is 0 Å². The SMILES string of the molecule is C=C(/C=N/O)C[C@@H](C)CC. The molecule has 0 fully saturated rings. The molecule has 58 valence electrons. The summed E-state index contributed by atoms with van der Waals surface area (Å²) in [5.74, 6) is 0.630. The fourth-order valence-electron chi connectivity index (χ4n) is 0.726. The molecule has 0 saturated heterocycles. The lowest BCUT2D eigenvalue weighted by Gasteiger charge is -2.05. The van der Waals surface area contributed by atoms with E-state index in [-0.39, 0.29) is 0 Å². The van der Waals surface area contributed by atoms with Crippen molar-refractivity contribution in [2.45, 2.75) is 26.7 Å². The number of rotatable bonds is 4. The molecule has 0 aromatic heterocycles. The first-order valence-corrected chi connectivity index (χ1v) is 3.55. The van der Waals surface area contributed by atoms with Gasteiger partial charge in [0, 0.05) is 0 Å². The molecule has 0 aliphatic heterocycles. The van der Waals surface area contributed by atoms with Crippen LogP contribution in [0.2, 0.25) is 0 Å². The number of oxime groups is 1. The van der Waals surface area contributed by atoms with Crippen molar-refractivity contribution >= 4 is 6.21 Å². The van der Waals surface area contributed by atoms with Gasteiger partial charge in [-0.05, 0) is 17.9 Å². The molecule has 0 radical (unpaired) electrons. The highest BCUT2D eigenvalue weighted by atomic mass is 16.4. The molecule has 0 spiro atoms. The fraction of sp³-hybridized carbons (Fsp3) is 0.625. The van der Waals surface area contributed by atoms with Gasteiger partial charge in [0.15, 0.2) is 0 Å². The first-order valence-electron chi connectivity index (χ1n) is 3.55. The van der Waals surface area contributed by atoms with E-state index in [0.29, 0.717) is 5.92 Å². The maximum atomic E-state index is 8.13. The number of hydrogen-bond acceptors (Lipinski definition) is 2. The molecule has 0 aromatic rings. The van der Waals surface area contributed by atoms with Crippen LogP contribution in [-0.4, -0.2) is 11.4 Å². The van der Waals surface area contributed by atoms with Crippen LogP contribution in [0.5, 0.6) is 0 Å². The molecule has 0 heterocycles. The van der Waals surface area contributed by atoms with Gasteiger partial charge < -0.3 is 5.21 Å². The summed E-state index contributed by atoms with van der Waals surface area (Å²) in [5, 5.41) is 11.0. The molecule has 0 aromatic carbocycles. The van der Waals surface area contributed by atoms with Crippen LogP contribution < -0.4 is 0 Å². The largest absolute Gasteiger partial charge is 0.411 e. The van der Waals surface area contributed by atoms with Crippen molar-refractivity contribution in [2.24, 2.45) is 11.1 Å². The third-order valence-electron chi connectivity index (χ3n) is 1.55. The summed E-state index contributed by atoms with van der Waals surface area (Å²) in [5.41, 5.74) is 0.886. The molecular formula is C8H15NO. The van der Waals surface area contributed by atoms with E-state index in [9.17, 15) is 0 Å². The molecule has 0 aliphatic carbocycles. The zero-order valence-corrected chi connectivity index (χ0v) is 6.67. The lowest BCUT2D eigenvalue weighted by molar-refractivity contribution is 0.321. The van der Waals surface area contributed by atoms with Crippen molar-refractivity contribution in [1.82, 2.24) is 0 Å². The van der Waals surface area contributed by atoms with Gasteiger partial charge in [0.1, 0.15) is 0 Å². The molecule has 1 N–H and O–H groups in total. The highest BCUT2D eigenvalue weighted by Gasteiger charge is 1.98. The van der Waals surface area contributed by atoms with Gasteiger partial charge in [0.2, 0.25) is 0 Å².